The van der Waals surface area contributed by atoms with Gasteiger partial charge in [-0.05, 0) is 50.0 Å². The van der Waals surface area contributed by atoms with Crippen LogP contribution in [-0.2, 0) is 35.6 Å². The Hall–Kier alpha value is -3.02. The van der Waals surface area contributed by atoms with Gasteiger partial charge in [0, 0.05) is 19.6 Å². The molecule has 1 saturated heterocycles. The molecule has 1 amide bonds. The van der Waals surface area contributed by atoms with Gasteiger partial charge in [-0.1, -0.05) is 23.8 Å². The third-order valence-corrected chi connectivity index (χ3v) is 5.74. The summed E-state index contributed by atoms with van der Waals surface area (Å²) in [7, 11) is 0. The molecule has 12 heteroatoms. The zero-order valence-electron chi connectivity index (χ0n) is 18.6. The minimum Gasteiger partial charge on any atom is -0.475 e. The van der Waals surface area contributed by atoms with E-state index in [1.807, 2.05) is 9.58 Å². The van der Waals surface area contributed by atoms with Crippen molar-refractivity contribution < 1.29 is 32.3 Å². The summed E-state index contributed by atoms with van der Waals surface area (Å²) in [5, 5.41) is 15.9. The van der Waals surface area contributed by atoms with Crippen LogP contribution in [0.4, 0.5) is 17.6 Å². The number of carbonyl (C=O) groups is 2. The average Bonchev–Trinajstić information content (AvgIpc) is 3.02. The van der Waals surface area contributed by atoms with E-state index in [9.17, 15) is 22.4 Å². The second-order valence-electron chi connectivity index (χ2n) is 8.32. The molecule has 2 aliphatic heterocycles. The van der Waals surface area contributed by atoms with E-state index in [4.69, 9.17) is 9.90 Å². The number of carbonyl (C=O) groups excluding carboxylic acids is 1. The highest BCUT2D eigenvalue weighted by Gasteiger charge is 2.38. The number of aromatic nitrogens is 3. The maximum absolute atomic E-state index is 13.1. The highest BCUT2D eigenvalue weighted by atomic mass is 19.4. The Morgan fingerprint density at radius 2 is 1.62 bits per heavy atom. The van der Waals surface area contributed by atoms with Crippen molar-refractivity contribution in [3.05, 3.63) is 47.0 Å². The number of carboxylic acid groups (broad SMARTS) is 1. The van der Waals surface area contributed by atoms with E-state index in [-0.39, 0.29) is 11.7 Å². The molecule has 186 valence electrons. The molecule has 2 aromatic rings. The summed E-state index contributed by atoms with van der Waals surface area (Å²) in [5.41, 5.74) is 2.90. The Labute approximate surface area is 194 Å². The molecular formula is C22H27F4N5O3. The van der Waals surface area contributed by atoms with Crippen molar-refractivity contribution >= 4 is 11.9 Å². The zero-order chi connectivity index (χ0) is 24.7. The third-order valence-electron chi connectivity index (χ3n) is 5.74. The van der Waals surface area contributed by atoms with E-state index in [2.05, 4.69) is 15.2 Å². The van der Waals surface area contributed by atoms with Crippen LogP contribution < -0.4 is 0 Å². The normalized spacial score (nSPS) is 16.8. The number of likely N-dealkylation sites (tertiary alicyclic amines) is 1. The molecule has 0 bridgehead atoms. The predicted molar refractivity (Wildman–Crippen MR) is 113 cm³/mol. The number of piperidine rings is 1. The van der Waals surface area contributed by atoms with Gasteiger partial charge in [-0.25, -0.2) is 13.9 Å². The van der Waals surface area contributed by atoms with Crippen LogP contribution in [0.15, 0.2) is 24.3 Å². The van der Waals surface area contributed by atoms with Crippen molar-refractivity contribution in [2.45, 2.75) is 57.9 Å². The molecule has 1 aromatic heterocycles. The van der Waals surface area contributed by atoms with Gasteiger partial charge in [-0.2, -0.15) is 13.2 Å². The van der Waals surface area contributed by atoms with Gasteiger partial charge in [-0.15, -0.1) is 5.10 Å². The van der Waals surface area contributed by atoms with Gasteiger partial charge in [0.1, 0.15) is 11.5 Å². The Kier molecular flexibility index (Phi) is 8.59. The van der Waals surface area contributed by atoms with E-state index < -0.39 is 12.1 Å². The van der Waals surface area contributed by atoms with Crippen molar-refractivity contribution in [3.63, 3.8) is 0 Å². The molecule has 1 fully saturated rings. The molecule has 1 N–H and O–H groups in total. The summed E-state index contributed by atoms with van der Waals surface area (Å²) in [5.74, 6) is -2.97. The number of aliphatic carboxylic acids is 1. The largest absolute Gasteiger partial charge is 0.490 e. The van der Waals surface area contributed by atoms with Crippen molar-refractivity contribution in [1.29, 1.82) is 0 Å². The highest BCUT2D eigenvalue weighted by Crippen LogP contribution is 2.19. The van der Waals surface area contributed by atoms with Crippen molar-refractivity contribution in [1.82, 2.24) is 24.8 Å². The number of hydrogen-bond acceptors (Lipinski definition) is 5. The summed E-state index contributed by atoms with van der Waals surface area (Å²) in [6.07, 6.45) is -0.128. The maximum Gasteiger partial charge on any atom is 0.490 e. The Morgan fingerprint density at radius 1 is 0.971 bits per heavy atom. The molecule has 0 atom stereocenters. The quantitative estimate of drug-likeness (QED) is 0.670. The van der Waals surface area contributed by atoms with Gasteiger partial charge in [0.05, 0.1) is 18.7 Å². The molecule has 0 saturated carbocycles. The van der Waals surface area contributed by atoms with Gasteiger partial charge in [0.2, 0.25) is 5.91 Å². The van der Waals surface area contributed by atoms with Crippen LogP contribution in [0.3, 0.4) is 0 Å². The van der Waals surface area contributed by atoms with Crippen LogP contribution in [-0.4, -0.2) is 67.6 Å². The third kappa shape index (κ3) is 7.24. The lowest BCUT2D eigenvalue weighted by atomic mass is 10.1. The Morgan fingerprint density at radius 3 is 2.24 bits per heavy atom. The Bertz CT molecular complexity index is 972. The van der Waals surface area contributed by atoms with Crippen molar-refractivity contribution in [2.24, 2.45) is 0 Å². The van der Waals surface area contributed by atoms with Gasteiger partial charge < -0.3 is 10.0 Å². The standard InChI is InChI=1S/C20H26FN5O.C2HF3O2/c21-17-7-5-16(6-8-17)13-20(27)25-11-4-12-26-19(15-25)18(22-23-26)14-24-9-2-1-3-10-24;3-2(4,5)1(6)7/h5-8H,1-4,9-15H2;(H,6,7). The molecule has 0 aliphatic carbocycles. The number of nitrogens with zero attached hydrogens (tertiary/aromatic N) is 5. The number of amides is 1. The lowest BCUT2D eigenvalue weighted by molar-refractivity contribution is -0.192. The first kappa shape index (κ1) is 25.6. The molecule has 2 aliphatic rings. The van der Waals surface area contributed by atoms with E-state index in [1.54, 1.807) is 12.1 Å². The summed E-state index contributed by atoms with van der Waals surface area (Å²) in [4.78, 5) is 26.0. The second-order valence-corrected chi connectivity index (χ2v) is 8.32. The second kappa shape index (κ2) is 11.4. The van der Waals surface area contributed by atoms with Crippen LogP contribution >= 0.6 is 0 Å². The monoisotopic (exact) mass is 485 g/mol. The molecular weight excluding hydrogens is 458 g/mol. The number of benzene rings is 1. The number of halogens is 4. The smallest absolute Gasteiger partial charge is 0.475 e. The Balaban J connectivity index is 0.000000406. The summed E-state index contributed by atoms with van der Waals surface area (Å²) in [6.45, 7) is 5.10. The number of alkyl halides is 3. The fraction of sp³-hybridized carbons (Fsp3) is 0.545. The minimum atomic E-state index is -5.08. The highest BCUT2D eigenvalue weighted by molar-refractivity contribution is 5.78. The predicted octanol–water partition coefficient (Wildman–Crippen LogP) is 3.01. The number of aryl methyl sites for hydroxylation is 1. The van der Waals surface area contributed by atoms with Gasteiger partial charge in [0.15, 0.2) is 0 Å². The fourth-order valence-electron chi connectivity index (χ4n) is 3.95. The first-order valence-electron chi connectivity index (χ1n) is 11.1. The lowest BCUT2D eigenvalue weighted by Gasteiger charge is -2.26. The van der Waals surface area contributed by atoms with Crippen molar-refractivity contribution in [2.75, 3.05) is 19.6 Å². The molecule has 4 rings (SSSR count). The lowest BCUT2D eigenvalue weighted by Crippen LogP contribution is -2.33. The van der Waals surface area contributed by atoms with Crippen molar-refractivity contribution in [3.8, 4) is 0 Å². The van der Waals surface area contributed by atoms with Gasteiger partial charge in [0.25, 0.3) is 0 Å². The molecule has 0 spiro atoms. The topological polar surface area (TPSA) is 91.6 Å². The van der Waals surface area contributed by atoms with Gasteiger partial charge in [-0.3, -0.25) is 9.69 Å². The van der Waals surface area contributed by atoms with Crippen LogP contribution in [0.25, 0.3) is 0 Å². The summed E-state index contributed by atoms with van der Waals surface area (Å²) < 4.78 is 46.8. The molecule has 0 radical (unpaired) electrons. The van der Waals surface area contributed by atoms with Crippen LogP contribution in [0.5, 0.6) is 0 Å². The molecule has 8 nitrogen and oxygen atoms in total. The SMILES string of the molecule is O=C(Cc1ccc(F)cc1)N1CCCn2nnc(CN3CCCCC3)c2C1.O=C(O)C(F)(F)F. The molecule has 0 unspecified atom stereocenters. The zero-order valence-corrected chi connectivity index (χ0v) is 18.6. The first-order chi connectivity index (χ1) is 16.1. The van der Waals surface area contributed by atoms with Gasteiger partial charge >= 0.3 is 12.1 Å². The molecule has 34 heavy (non-hydrogen) atoms. The van der Waals surface area contributed by atoms with E-state index in [0.29, 0.717) is 19.5 Å². The number of rotatable bonds is 4. The fourth-order valence-corrected chi connectivity index (χ4v) is 3.95. The van der Waals surface area contributed by atoms with E-state index in [1.165, 1.54) is 31.4 Å². The average molecular weight is 485 g/mol. The summed E-state index contributed by atoms with van der Waals surface area (Å²) >= 11 is 0. The number of fused-ring (bicyclic) bond motifs is 1. The van der Waals surface area contributed by atoms with E-state index in [0.717, 1.165) is 49.6 Å². The van der Waals surface area contributed by atoms with E-state index >= 15 is 0 Å². The molecule has 1 aromatic carbocycles. The summed E-state index contributed by atoms with van der Waals surface area (Å²) in [6, 6.07) is 6.17. The number of hydrogen-bond donors (Lipinski definition) is 1. The minimum absolute atomic E-state index is 0.0696. The van der Waals surface area contributed by atoms with Crippen LogP contribution in [0.1, 0.15) is 42.6 Å². The number of carboxylic acids is 1. The van der Waals surface area contributed by atoms with Crippen LogP contribution in [0, 0.1) is 5.82 Å². The first-order valence-corrected chi connectivity index (χ1v) is 11.1. The molecule has 3 heterocycles. The maximum atomic E-state index is 13.1. The van der Waals surface area contributed by atoms with Crippen LogP contribution in [0.2, 0.25) is 0 Å².